The molecule has 0 aromatic heterocycles. The van der Waals surface area contributed by atoms with Crippen LogP contribution in [-0.2, 0) is 0 Å². The van der Waals surface area contributed by atoms with Crippen LogP contribution >= 0.6 is 35.5 Å². The number of piperazine rings is 1. The van der Waals surface area contributed by atoms with E-state index in [-0.39, 0.29) is 28.6 Å². The molecular formula is C33H40F3N5OS3. The second-order valence-electron chi connectivity index (χ2n) is 11.5. The maximum atomic E-state index is 13.7. The normalized spacial score (nSPS) is 18.1. The summed E-state index contributed by atoms with van der Waals surface area (Å²) in [6, 6.07) is 22.4. The molecule has 0 radical (unpaired) electrons. The molecule has 2 saturated heterocycles. The van der Waals surface area contributed by atoms with Gasteiger partial charge in [-0.25, -0.2) is 0 Å². The van der Waals surface area contributed by atoms with Crippen molar-refractivity contribution in [1.82, 2.24) is 14.9 Å². The second-order valence-corrected chi connectivity index (χ2v) is 14.6. The smallest absolute Gasteiger partial charge is 0.381 e. The van der Waals surface area contributed by atoms with Crippen molar-refractivity contribution in [3.63, 3.8) is 0 Å². The van der Waals surface area contributed by atoms with Crippen LogP contribution in [0.1, 0.15) is 30.1 Å². The van der Waals surface area contributed by atoms with Crippen LogP contribution in [0.4, 0.5) is 24.5 Å². The SMILES string of the molecule is CC1CCN(c2ccc(C(=O)NSc3ccc(NC(CCN4CCNCC4)CSc4ccccc4)c(SC(F)(F)F)c3)cc2)C1. The largest absolute Gasteiger partial charge is 0.446 e. The molecule has 2 unspecified atom stereocenters. The quantitative estimate of drug-likeness (QED) is 0.128. The molecule has 2 aliphatic heterocycles. The fourth-order valence-corrected chi connectivity index (χ4v) is 7.84. The molecular weight excluding hydrogens is 636 g/mol. The fraction of sp³-hybridized carbons (Fsp3) is 0.424. The highest BCUT2D eigenvalue weighted by atomic mass is 32.2. The second kappa shape index (κ2) is 16.4. The van der Waals surface area contributed by atoms with Crippen LogP contribution in [0.5, 0.6) is 0 Å². The maximum Gasteiger partial charge on any atom is 0.446 e. The van der Waals surface area contributed by atoms with Crippen molar-refractivity contribution in [3.05, 3.63) is 78.4 Å². The first-order valence-corrected chi connectivity index (χ1v) is 17.9. The third kappa shape index (κ3) is 10.8. The zero-order chi connectivity index (χ0) is 31.6. The Labute approximate surface area is 276 Å². The molecule has 0 spiro atoms. The minimum absolute atomic E-state index is 0.0392. The molecule has 0 aliphatic carbocycles. The molecule has 45 heavy (non-hydrogen) atoms. The van der Waals surface area contributed by atoms with E-state index < -0.39 is 5.51 Å². The highest BCUT2D eigenvalue weighted by Crippen LogP contribution is 2.42. The van der Waals surface area contributed by atoms with Crippen molar-refractivity contribution >= 4 is 52.8 Å². The number of hydrogen-bond donors (Lipinski definition) is 3. The first kappa shape index (κ1) is 33.8. The van der Waals surface area contributed by atoms with Crippen LogP contribution < -0.4 is 20.3 Å². The number of carbonyl (C=O) groups excluding carboxylic acids is 1. The average molecular weight is 676 g/mol. The lowest BCUT2D eigenvalue weighted by Crippen LogP contribution is -2.44. The molecule has 2 atom stereocenters. The number of rotatable bonds is 13. The van der Waals surface area contributed by atoms with Gasteiger partial charge in [-0.1, -0.05) is 25.1 Å². The van der Waals surface area contributed by atoms with Gasteiger partial charge in [0.1, 0.15) is 0 Å². The van der Waals surface area contributed by atoms with Crippen LogP contribution in [0.2, 0.25) is 0 Å². The van der Waals surface area contributed by atoms with Crippen molar-refractivity contribution in [2.45, 2.75) is 46.0 Å². The zero-order valence-electron chi connectivity index (χ0n) is 25.3. The average Bonchev–Trinajstić information content (AvgIpc) is 3.48. The van der Waals surface area contributed by atoms with Gasteiger partial charge < -0.3 is 20.4 Å². The molecule has 2 fully saturated rings. The van der Waals surface area contributed by atoms with Crippen LogP contribution in [0, 0.1) is 5.92 Å². The van der Waals surface area contributed by atoms with Crippen LogP contribution in [0.15, 0.2) is 87.5 Å². The topological polar surface area (TPSA) is 59.6 Å². The van der Waals surface area contributed by atoms with Crippen LogP contribution in [0.3, 0.4) is 0 Å². The number of carbonyl (C=O) groups is 1. The number of hydrogen-bond acceptors (Lipinski definition) is 8. The predicted octanol–water partition coefficient (Wildman–Crippen LogP) is 7.45. The van der Waals surface area contributed by atoms with Gasteiger partial charge in [-0.05, 0) is 97.1 Å². The van der Waals surface area contributed by atoms with Crippen LogP contribution in [0.25, 0.3) is 0 Å². The van der Waals surface area contributed by atoms with Gasteiger partial charge in [0.2, 0.25) is 0 Å². The molecule has 6 nitrogen and oxygen atoms in total. The number of anilines is 2. The number of thioether (sulfide) groups is 2. The van der Waals surface area contributed by atoms with E-state index in [4.69, 9.17) is 0 Å². The lowest BCUT2D eigenvalue weighted by Gasteiger charge is -2.29. The van der Waals surface area contributed by atoms with Gasteiger partial charge in [0, 0.05) is 89.2 Å². The van der Waals surface area contributed by atoms with Gasteiger partial charge in [-0.2, -0.15) is 13.2 Å². The lowest BCUT2D eigenvalue weighted by atomic mass is 10.2. The number of benzene rings is 3. The number of nitrogens with one attached hydrogen (secondary N) is 3. The van der Waals surface area contributed by atoms with Crippen molar-refractivity contribution in [2.75, 3.05) is 61.8 Å². The standard InChI is InChI=1S/C33H40F3N5OS3/c1-24-13-18-41(22-24)27-9-7-25(8-10-27)32(42)39-45-29-11-12-30(31(21-29)44-33(34,35)36)38-26(14-17-40-19-15-37-16-20-40)23-43-28-5-3-2-4-6-28/h2-12,21,24,26,37-38H,13-20,22-23H2,1H3,(H,39,42). The summed E-state index contributed by atoms with van der Waals surface area (Å²) in [7, 11) is 0. The van der Waals surface area contributed by atoms with Gasteiger partial charge in [-0.3, -0.25) is 9.52 Å². The fourth-order valence-electron chi connectivity index (χ4n) is 5.46. The van der Waals surface area contributed by atoms with E-state index in [2.05, 4.69) is 32.1 Å². The third-order valence-electron chi connectivity index (χ3n) is 7.92. The van der Waals surface area contributed by atoms with E-state index in [1.54, 1.807) is 36.0 Å². The Morgan fingerprint density at radius 1 is 1.00 bits per heavy atom. The van der Waals surface area contributed by atoms with E-state index in [1.165, 1.54) is 6.07 Å². The minimum atomic E-state index is -4.45. The van der Waals surface area contributed by atoms with E-state index in [1.807, 2.05) is 42.5 Å². The molecule has 0 bridgehead atoms. The molecule has 242 valence electrons. The van der Waals surface area contributed by atoms with Gasteiger partial charge in [0.25, 0.3) is 5.91 Å². The summed E-state index contributed by atoms with van der Waals surface area (Å²) in [5.41, 5.74) is -2.41. The summed E-state index contributed by atoms with van der Waals surface area (Å²) in [6.07, 6.45) is 1.96. The minimum Gasteiger partial charge on any atom is -0.381 e. The van der Waals surface area contributed by atoms with Crippen molar-refractivity contribution in [1.29, 1.82) is 0 Å². The van der Waals surface area contributed by atoms with E-state index >= 15 is 0 Å². The summed E-state index contributed by atoms with van der Waals surface area (Å²) in [4.78, 5) is 19.3. The number of nitrogens with zero attached hydrogens (tertiary/aromatic N) is 2. The molecule has 2 heterocycles. The molecule has 1 amide bonds. The maximum absolute atomic E-state index is 13.7. The molecule has 3 aromatic carbocycles. The van der Waals surface area contributed by atoms with Crippen molar-refractivity contribution in [2.24, 2.45) is 5.92 Å². The number of halogens is 3. The summed E-state index contributed by atoms with van der Waals surface area (Å²) in [5, 5.41) is 6.81. The highest BCUT2D eigenvalue weighted by molar-refractivity contribution is 8.00. The highest BCUT2D eigenvalue weighted by Gasteiger charge is 2.31. The van der Waals surface area contributed by atoms with E-state index in [9.17, 15) is 18.0 Å². The van der Waals surface area contributed by atoms with Crippen molar-refractivity contribution in [3.8, 4) is 0 Å². The molecule has 3 N–H and O–H groups in total. The lowest BCUT2D eigenvalue weighted by molar-refractivity contribution is -0.0328. The Kier molecular flexibility index (Phi) is 12.3. The molecule has 0 saturated carbocycles. The third-order valence-corrected chi connectivity index (χ3v) is 10.7. The number of alkyl halides is 3. The summed E-state index contributed by atoms with van der Waals surface area (Å²) in [5.74, 6) is 1.08. The Morgan fingerprint density at radius 3 is 2.44 bits per heavy atom. The first-order valence-electron chi connectivity index (χ1n) is 15.3. The van der Waals surface area contributed by atoms with Gasteiger partial charge in [-0.15, -0.1) is 11.8 Å². The predicted molar refractivity (Wildman–Crippen MR) is 183 cm³/mol. The van der Waals surface area contributed by atoms with Gasteiger partial charge >= 0.3 is 5.51 Å². The molecule has 2 aliphatic rings. The van der Waals surface area contributed by atoms with E-state index in [0.717, 1.165) is 81.2 Å². The Balaban J connectivity index is 1.24. The summed E-state index contributed by atoms with van der Waals surface area (Å²) >= 11 is 2.59. The van der Waals surface area contributed by atoms with Crippen molar-refractivity contribution < 1.29 is 18.0 Å². The summed E-state index contributed by atoms with van der Waals surface area (Å²) in [6.45, 7) is 8.94. The van der Waals surface area contributed by atoms with Gasteiger partial charge in [0.05, 0.1) is 0 Å². The molecule has 12 heteroatoms. The Morgan fingerprint density at radius 2 is 1.76 bits per heavy atom. The first-order chi connectivity index (χ1) is 21.7. The Hall–Kier alpha value is -2.51. The molecule has 5 rings (SSSR count). The monoisotopic (exact) mass is 675 g/mol. The molecule has 3 aromatic rings. The van der Waals surface area contributed by atoms with E-state index in [0.29, 0.717) is 27.8 Å². The van der Waals surface area contributed by atoms with Gasteiger partial charge in [0.15, 0.2) is 0 Å². The summed E-state index contributed by atoms with van der Waals surface area (Å²) < 4.78 is 43.9. The zero-order valence-corrected chi connectivity index (χ0v) is 27.8. The number of amides is 1. The van der Waals surface area contributed by atoms with Crippen LogP contribution in [-0.4, -0.2) is 73.9 Å². The Bertz CT molecular complexity index is 1370.